The summed E-state index contributed by atoms with van der Waals surface area (Å²) in [6.45, 7) is 4.15. The fourth-order valence-electron chi connectivity index (χ4n) is 2.09. The maximum atomic E-state index is 5.99. The van der Waals surface area contributed by atoms with Crippen molar-refractivity contribution in [2.75, 3.05) is 10.6 Å². The van der Waals surface area contributed by atoms with Crippen molar-refractivity contribution in [1.82, 2.24) is 15.0 Å². The Morgan fingerprint density at radius 3 is 2.38 bits per heavy atom. The fraction of sp³-hybridized carbons (Fsp3) is 0.400. The van der Waals surface area contributed by atoms with Gasteiger partial charge in [-0.3, -0.25) is 0 Å². The third kappa shape index (κ3) is 3.61. The second-order valence-electron chi connectivity index (χ2n) is 5.79. The lowest BCUT2D eigenvalue weighted by atomic mass is 9.95. The maximum Gasteiger partial charge on any atom is 0.229 e. The van der Waals surface area contributed by atoms with Crippen LogP contribution >= 0.6 is 11.6 Å². The first-order chi connectivity index (χ1) is 10.0. The van der Waals surface area contributed by atoms with Crippen LogP contribution in [0, 0.1) is 0 Å². The molecule has 1 aromatic carbocycles. The van der Waals surface area contributed by atoms with Crippen molar-refractivity contribution in [3.63, 3.8) is 0 Å². The van der Waals surface area contributed by atoms with Crippen LogP contribution in [0.3, 0.4) is 0 Å². The standard InChI is InChI=1S/C15H18ClN5/c1-15(2,10-6-4-3-5-7-10)21-14-19-12(16)18-13(20-14)17-11-8-9-11/h3-7,11H,8-9H2,1-2H3,(H2,17,18,19,20,21). The largest absolute Gasteiger partial charge is 0.351 e. The van der Waals surface area contributed by atoms with Gasteiger partial charge in [0.05, 0.1) is 5.54 Å². The second-order valence-corrected chi connectivity index (χ2v) is 6.12. The minimum Gasteiger partial charge on any atom is -0.351 e. The van der Waals surface area contributed by atoms with E-state index in [1.807, 2.05) is 18.2 Å². The highest BCUT2D eigenvalue weighted by atomic mass is 35.5. The SMILES string of the molecule is CC(C)(Nc1nc(Cl)nc(NC2CC2)n1)c1ccccc1. The van der Waals surface area contributed by atoms with Crippen LogP contribution in [0.5, 0.6) is 0 Å². The molecule has 2 N–H and O–H groups in total. The summed E-state index contributed by atoms with van der Waals surface area (Å²) < 4.78 is 0. The third-order valence-electron chi connectivity index (χ3n) is 3.44. The van der Waals surface area contributed by atoms with Crippen molar-refractivity contribution in [2.24, 2.45) is 0 Å². The van der Waals surface area contributed by atoms with Gasteiger partial charge in [-0.25, -0.2) is 0 Å². The van der Waals surface area contributed by atoms with E-state index in [0.29, 0.717) is 17.9 Å². The quantitative estimate of drug-likeness (QED) is 0.886. The lowest BCUT2D eigenvalue weighted by molar-refractivity contribution is 0.601. The molecular formula is C15H18ClN5. The summed E-state index contributed by atoms with van der Waals surface area (Å²) >= 11 is 5.99. The molecule has 110 valence electrons. The van der Waals surface area contributed by atoms with Crippen LogP contribution in [-0.2, 0) is 5.54 Å². The molecule has 21 heavy (non-hydrogen) atoms. The highest BCUT2D eigenvalue weighted by Crippen LogP contribution is 2.26. The van der Waals surface area contributed by atoms with E-state index in [1.165, 1.54) is 0 Å². The zero-order valence-corrected chi connectivity index (χ0v) is 12.9. The molecule has 1 aromatic heterocycles. The predicted molar refractivity (Wildman–Crippen MR) is 84.6 cm³/mol. The Balaban J connectivity index is 1.81. The summed E-state index contributed by atoms with van der Waals surface area (Å²) in [5.74, 6) is 1.01. The van der Waals surface area contributed by atoms with E-state index in [4.69, 9.17) is 11.6 Å². The van der Waals surface area contributed by atoms with Crippen molar-refractivity contribution in [1.29, 1.82) is 0 Å². The first kappa shape index (κ1) is 14.1. The average Bonchev–Trinajstić information content (AvgIpc) is 3.22. The van der Waals surface area contributed by atoms with E-state index in [-0.39, 0.29) is 10.8 Å². The molecule has 1 heterocycles. The number of anilines is 2. The molecule has 2 aromatic rings. The van der Waals surface area contributed by atoms with Gasteiger partial charge in [0, 0.05) is 6.04 Å². The van der Waals surface area contributed by atoms with Crippen molar-refractivity contribution in [3.8, 4) is 0 Å². The minimum absolute atomic E-state index is 0.194. The average molecular weight is 304 g/mol. The summed E-state index contributed by atoms with van der Waals surface area (Å²) in [5.41, 5.74) is 0.848. The molecular weight excluding hydrogens is 286 g/mol. The van der Waals surface area contributed by atoms with E-state index in [9.17, 15) is 0 Å². The zero-order chi connectivity index (χ0) is 14.9. The van der Waals surface area contributed by atoms with E-state index in [0.717, 1.165) is 18.4 Å². The Morgan fingerprint density at radius 2 is 1.71 bits per heavy atom. The van der Waals surface area contributed by atoms with E-state index < -0.39 is 0 Å². The summed E-state index contributed by atoms with van der Waals surface area (Å²) in [5, 5.41) is 6.75. The monoisotopic (exact) mass is 303 g/mol. The number of aromatic nitrogens is 3. The maximum absolute atomic E-state index is 5.99. The third-order valence-corrected chi connectivity index (χ3v) is 3.61. The molecule has 6 heteroatoms. The number of nitrogens with zero attached hydrogens (tertiary/aromatic N) is 3. The first-order valence-electron chi connectivity index (χ1n) is 7.05. The molecule has 1 fully saturated rings. The summed E-state index contributed by atoms with van der Waals surface area (Å²) in [6.07, 6.45) is 2.31. The van der Waals surface area contributed by atoms with Gasteiger partial charge in [-0.05, 0) is 43.9 Å². The molecule has 0 unspecified atom stereocenters. The van der Waals surface area contributed by atoms with Crippen LogP contribution in [0.2, 0.25) is 5.28 Å². The minimum atomic E-state index is -0.303. The number of nitrogens with one attached hydrogen (secondary N) is 2. The molecule has 5 nitrogen and oxygen atoms in total. The Kier molecular flexibility index (Phi) is 3.68. The van der Waals surface area contributed by atoms with Gasteiger partial charge in [0.15, 0.2) is 0 Å². The van der Waals surface area contributed by atoms with Gasteiger partial charge in [0.1, 0.15) is 0 Å². The molecule has 0 saturated heterocycles. The molecule has 0 aliphatic heterocycles. The lowest BCUT2D eigenvalue weighted by Crippen LogP contribution is -2.29. The highest BCUT2D eigenvalue weighted by Gasteiger charge is 2.24. The van der Waals surface area contributed by atoms with Gasteiger partial charge >= 0.3 is 0 Å². The summed E-state index contributed by atoms with van der Waals surface area (Å²) in [4.78, 5) is 12.7. The van der Waals surface area contributed by atoms with Gasteiger partial charge in [-0.1, -0.05) is 30.3 Å². The van der Waals surface area contributed by atoms with Crippen molar-refractivity contribution in [2.45, 2.75) is 38.3 Å². The van der Waals surface area contributed by atoms with Crippen LogP contribution in [0.15, 0.2) is 30.3 Å². The van der Waals surface area contributed by atoms with E-state index in [2.05, 4.69) is 51.6 Å². The normalized spacial score (nSPS) is 14.8. The fourth-order valence-corrected chi connectivity index (χ4v) is 2.25. The topological polar surface area (TPSA) is 62.7 Å². The number of halogens is 1. The molecule has 0 radical (unpaired) electrons. The Hall–Kier alpha value is -1.88. The Bertz CT molecular complexity index is 625. The van der Waals surface area contributed by atoms with Crippen molar-refractivity contribution in [3.05, 3.63) is 41.2 Å². The van der Waals surface area contributed by atoms with Crippen molar-refractivity contribution >= 4 is 23.5 Å². The van der Waals surface area contributed by atoms with E-state index >= 15 is 0 Å². The molecule has 1 saturated carbocycles. The number of hydrogen-bond donors (Lipinski definition) is 2. The summed E-state index contributed by atoms with van der Waals surface area (Å²) in [6, 6.07) is 10.6. The molecule has 0 amide bonds. The lowest BCUT2D eigenvalue weighted by Gasteiger charge is -2.27. The number of rotatable bonds is 5. The van der Waals surface area contributed by atoms with Gasteiger partial charge in [0.25, 0.3) is 0 Å². The number of hydrogen-bond acceptors (Lipinski definition) is 5. The van der Waals surface area contributed by atoms with Gasteiger partial charge < -0.3 is 10.6 Å². The molecule has 0 bridgehead atoms. The predicted octanol–water partition coefficient (Wildman–Crippen LogP) is 3.45. The highest BCUT2D eigenvalue weighted by molar-refractivity contribution is 6.28. The van der Waals surface area contributed by atoms with Crippen LogP contribution in [0.1, 0.15) is 32.3 Å². The molecule has 3 rings (SSSR count). The Morgan fingerprint density at radius 1 is 1.05 bits per heavy atom. The molecule has 1 aliphatic rings. The molecule has 1 aliphatic carbocycles. The smallest absolute Gasteiger partial charge is 0.229 e. The van der Waals surface area contributed by atoms with Gasteiger partial charge in [0.2, 0.25) is 17.2 Å². The summed E-state index contributed by atoms with van der Waals surface area (Å²) in [7, 11) is 0. The molecule has 0 spiro atoms. The van der Waals surface area contributed by atoms with E-state index in [1.54, 1.807) is 0 Å². The van der Waals surface area contributed by atoms with Crippen molar-refractivity contribution < 1.29 is 0 Å². The van der Waals surface area contributed by atoms with Gasteiger partial charge in [-0.15, -0.1) is 0 Å². The van der Waals surface area contributed by atoms with Crippen LogP contribution in [-0.4, -0.2) is 21.0 Å². The van der Waals surface area contributed by atoms with Crippen LogP contribution in [0.4, 0.5) is 11.9 Å². The van der Waals surface area contributed by atoms with Crippen LogP contribution in [0.25, 0.3) is 0 Å². The van der Waals surface area contributed by atoms with Crippen LogP contribution < -0.4 is 10.6 Å². The second kappa shape index (κ2) is 5.48. The molecule has 0 atom stereocenters. The zero-order valence-electron chi connectivity index (χ0n) is 12.1. The first-order valence-corrected chi connectivity index (χ1v) is 7.42. The van der Waals surface area contributed by atoms with Gasteiger partial charge in [-0.2, -0.15) is 15.0 Å². The number of benzene rings is 1. The Labute approximate surface area is 129 Å².